The molecule has 0 radical (unpaired) electrons. The van der Waals surface area contributed by atoms with Crippen LogP contribution < -0.4 is 5.73 Å². The van der Waals surface area contributed by atoms with Gasteiger partial charge in [0.1, 0.15) is 5.84 Å². The molecule has 1 heterocycles. The average molecular weight is 171 g/mol. The molecule has 0 aromatic heterocycles. The normalized spacial score (nSPS) is 22.7. The molecule has 12 heavy (non-hydrogen) atoms. The van der Waals surface area contributed by atoms with Crippen molar-refractivity contribution in [2.75, 3.05) is 0 Å². The zero-order valence-corrected chi connectivity index (χ0v) is 7.28. The lowest BCUT2D eigenvalue weighted by atomic mass is 10.3. The van der Waals surface area contributed by atoms with Crippen molar-refractivity contribution in [1.82, 2.24) is 5.06 Å². The summed E-state index contributed by atoms with van der Waals surface area (Å²) in [7, 11) is 0. The molecule has 5 heteroatoms. The Hall–Kier alpha value is -1.10. The van der Waals surface area contributed by atoms with E-state index in [1.807, 2.05) is 6.92 Å². The maximum Gasteiger partial charge on any atom is 0.344 e. The number of primary amides is 1. The summed E-state index contributed by atoms with van der Waals surface area (Å²) in [5.41, 5.74) is 5.03. The summed E-state index contributed by atoms with van der Waals surface area (Å²) >= 11 is 0. The van der Waals surface area contributed by atoms with Crippen LogP contribution in [0.25, 0.3) is 0 Å². The monoisotopic (exact) mass is 171 g/mol. The third-order valence-corrected chi connectivity index (χ3v) is 1.59. The van der Waals surface area contributed by atoms with E-state index < -0.39 is 6.03 Å². The van der Waals surface area contributed by atoms with E-state index in [1.54, 1.807) is 6.92 Å². The summed E-state index contributed by atoms with van der Waals surface area (Å²) in [6.07, 6.45) is 1.54. The molecule has 0 aromatic carbocycles. The predicted octanol–water partition coefficient (Wildman–Crippen LogP) is 0.857. The maximum atomic E-state index is 10.7. The van der Waals surface area contributed by atoms with Crippen LogP contribution in [-0.4, -0.2) is 23.2 Å². The molecule has 1 atom stereocenters. The molecule has 0 bridgehead atoms. The first-order valence-electron chi connectivity index (χ1n) is 3.96. The second kappa shape index (κ2) is 3.53. The van der Waals surface area contributed by atoms with E-state index in [0.29, 0.717) is 5.84 Å². The fraction of sp³-hybridized carbons (Fsp3) is 0.714. The van der Waals surface area contributed by atoms with E-state index in [4.69, 9.17) is 10.6 Å². The number of urea groups is 1. The van der Waals surface area contributed by atoms with Crippen molar-refractivity contribution in [2.45, 2.75) is 32.9 Å². The molecule has 0 aliphatic carbocycles. The van der Waals surface area contributed by atoms with Gasteiger partial charge in [0.2, 0.25) is 0 Å². The zero-order chi connectivity index (χ0) is 9.14. The number of nitrogens with two attached hydrogens (primary N) is 1. The van der Waals surface area contributed by atoms with Gasteiger partial charge in [0, 0.05) is 0 Å². The van der Waals surface area contributed by atoms with Gasteiger partial charge < -0.3 is 5.73 Å². The third-order valence-electron chi connectivity index (χ3n) is 1.59. The number of hydroxylamine groups is 2. The molecular weight excluding hydrogens is 158 g/mol. The van der Waals surface area contributed by atoms with Crippen LogP contribution in [0.1, 0.15) is 26.7 Å². The third kappa shape index (κ3) is 1.73. The molecule has 0 spiro atoms. The number of nitrogens with zero attached hydrogens (tertiary/aromatic N) is 2. The number of carbonyl (C=O) groups excluding carboxylic acids is 1. The van der Waals surface area contributed by atoms with E-state index in [2.05, 4.69) is 4.99 Å². The van der Waals surface area contributed by atoms with Gasteiger partial charge in [-0.3, -0.25) is 0 Å². The summed E-state index contributed by atoms with van der Waals surface area (Å²) in [6.45, 7) is 3.72. The van der Waals surface area contributed by atoms with E-state index in [9.17, 15) is 4.79 Å². The summed E-state index contributed by atoms with van der Waals surface area (Å²) in [6, 6.07) is -0.616. The minimum absolute atomic E-state index is 0.234. The van der Waals surface area contributed by atoms with Crippen molar-refractivity contribution >= 4 is 11.9 Å². The van der Waals surface area contributed by atoms with E-state index >= 15 is 0 Å². The van der Waals surface area contributed by atoms with Gasteiger partial charge in [0.15, 0.2) is 6.23 Å². The van der Waals surface area contributed by atoms with Gasteiger partial charge in [-0.25, -0.2) is 14.6 Å². The van der Waals surface area contributed by atoms with Crippen molar-refractivity contribution in [3.63, 3.8) is 0 Å². The number of aliphatic imine (C=N–C) groups is 1. The fourth-order valence-electron chi connectivity index (χ4n) is 1.06. The maximum absolute atomic E-state index is 10.7. The van der Waals surface area contributed by atoms with Crippen LogP contribution in [0.3, 0.4) is 0 Å². The van der Waals surface area contributed by atoms with Crippen LogP contribution in [0.2, 0.25) is 0 Å². The summed E-state index contributed by atoms with van der Waals surface area (Å²) in [4.78, 5) is 19.9. The largest absolute Gasteiger partial charge is 0.349 e. The molecule has 0 saturated carbocycles. The fourth-order valence-corrected chi connectivity index (χ4v) is 1.06. The molecule has 1 unspecified atom stereocenters. The summed E-state index contributed by atoms with van der Waals surface area (Å²) < 4.78 is 0. The Kier molecular flexibility index (Phi) is 2.65. The van der Waals surface area contributed by atoms with Gasteiger partial charge in [-0.15, -0.1) is 0 Å². The molecule has 1 aliphatic heterocycles. The van der Waals surface area contributed by atoms with Crippen molar-refractivity contribution in [3.8, 4) is 0 Å². The van der Waals surface area contributed by atoms with Crippen LogP contribution in [0.4, 0.5) is 4.79 Å². The Morgan fingerprint density at radius 1 is 1.83 bits per heavy atom. The molecule has 2 N–H and O–H groups in total. The second-order valence-electron chi connectivity index (χ2n) is 2.66. The lowest BCUT2D eigenvalue weighted by Gasteiger charge is -2.12. The molecule has 0 aromatic rings. The van der Waals surface area contributed by atoms with Gasteiger partial charge in [0.05, 0.1) is 0 Å². The molecule has 1 rings (SSSR count). The first-order chi connectivity index (χ1) is 5.65. The van der Waals surface area contributed by atoms with Crippen molar-refractivity contribution in [1.29, 1.82) is 0 Å². The zero-order valence-electron chi connectivity index (χ0n) is 7.28. The quantitative estimate of drug-likeness (QED) is 0.669. The van der Waals surface area contributed by atoms with Gasteiger partial charge >= 0.3 is 6.03 Å². The molecule has 5 nitrogen and oxygen atoms in total. The minimum Gasteiger partial charge on any atom is -0.349 e. The number of amidine groups is 1. The number of rotatable bonds is 2. The summed E-state index contributed by atoms with van der Waals surface area (Å²) in [5, 5.41) is 1.03. The van der Waals surface area contributed by atoms with E-state index in [0.717, 1.165) is 17.9 Å². The van der Waals surface area contributed by atoms with Crippen molar-refractivity contribution in [2.24, 2.45) is 10.7 Å². The van der Waals surface area contributed by atoms with E-state index in [1.165, 1.54) is 0 Å². The van der Waals surface area contributed by atoms with Crippen LogP contribution >= 0.6 is 0 Å². The number of hydrogen-bond acceptors (Lipinski definition) is 3. The topological polar surface area (TPSA) is 67.9 Å². The molecule has 1 aliphatic rings. The Labute approximate surface area is 71.1 Å². The van der Waals surface area contributed by atoms with Gasteiger partial charge in [-0.05, 0) is 13.3 Å². The van der Waals surface area contributed by atoms with Gasteiger partial charge in [-0.1, -0.05) is 13.3 Å². The number of amides is 2. The summed E-state index contributed by atoms with van der Waals surface area (Å²) in [5.74, 6) is 0.529. The highest BCUT2D eigenvalue weighted by molar-refractivity contribution is 5.94. The first kappa shape index (κ1) is 8.99. The molecule has 0 fully saturated rings. The molecular formula is C7H13N3O2. The highest BCUT2D eigenvalue weighted by Crippen LogP contribution is 2.14. The van der Waals surface area contributed by atoms with Gasteiger partial charge in [-0.2, -0.15) is 5.06 Å². The van der Waals surface area contributed by atoms with Crippen LogP contribution in [-0.2, 0) is 4.84 Å². The first-order valence-corrected chi connectivity index (χ1v) is 3.96. The lowest BCUT2D eigenvalue weighted by Crippen LogP contribution is -2.36. The van der Waals surface area contributed by atoms with Crippen LogP contribution in [0.15, 0.2) is 4.99 Å². The smallest absolute Gasteiger partial charge is 0.344 e. The Balaban J connectivity index is 2.55. The second-order valence-corrected chi connectivity index (χ2v) is 2.66. The highest BCUT2D eigenvalue weighted by atomic mass is 16.7. The van der Waals surface area contributed by atoms with Crippen LogP contribution in [0.5, 0.6) is 0 Å². The molecule has 2 amide bonds. The van der Waals surface area contributed by atoms with E-state index in [-0.39, 0.29) is 6.23 Å². The Morgan fingerprint density at radius 3 is 2.92 bits per heavy atom. The van der Waals surface area contributed by atoms with Gasteiger partial charge in [0.25, 0.3) is 0 Å². The number of hydrogen-bond donors (Lipinski definition) is 1. The minimum atomic E-state index is -0.616. The average Bonchev–Trinajstić information content (AvgIpc) is 2.32. The van der Waals surface area contributed by atoms with Crippen molar-refractivity contribution in [3.05, 3.63) is 0 Å². The predicted molar refractivity (Wildman–Crippen MR) is 44.3 cm³/mol. The highest BCUT2D eigenvalue weighted by Gasteiger charge is 2.26. The standard InChI is InChI=1S/C7H13N3O2/c1-3-4-6-9-5(2)10(12-6)7(8)11/h6H,3-4H2,1-2H3,(H2,8,11). The Morgan fingerprint density at radius 2 is 2.50 bits per heavy atom. The number of carbonyl (C=O) groups is 1. The Bertz CT molecular complexity index is 215. The molecule has 0 saturated heterocycles. The lowest BCUT2D eigenvalue weighted by molar-refractivity contribution is -0.0872. The molecule has 68 valence electrons. The van der Waals surface area contributed by atoms with Crippen LogP contribution in [0, 0.1) is 0 Å². The SMILES string of the molecule is CCCC1N=C(C)N(C(N)=O)O1. The van der Waals surface area contributed by atoms with Crippen molar-refractivity contribution < 1.29 is 9.63 Å².